The van der Waals surface area contributed by atoms with Gasteiger partial charge in [-0.3, -0.25) is 4.79 Å². The lowest BCUT2D eigenvalue weighted by atomic mass is 10.3. The number of carboxylic acids is 1. The Morgan fingerprint density at radius 2 is 2.12 bits per heavy atom. The lowest BCUT2D eigenvalue weighted by Gasteiger charge is -1.96. The Morgan fingerprint density at radius 1 is 1.53 bits per heavy atom. The molecule has 0 bridgehead atoms. The van der Waals surface area contributed by atoms with Gasteiger partial charge in [0.15, 0.2) is 0 Å². The molecule has 1 saturated heterocycles. The third-order valence-electron chi connectivity index (χ3n) is 2.69. The van der Waals surface area contributed by atoms with E-state index in [1.54, 1.807) is 6.92 Å². The largest absolute Gasteiger partial charge is 0.481 e. The van der Waals surface area contributed by atoms with E-state index >= 15 is 0 Å². The Hall–Kier alpha value is -1.72. The number of aliphatic carboxylic acids is 1. The third kappa shape index (κ3) is 3.65. The number of hydrogen-bond donors (Lipinski definition) is 1. The Morgan fingerprint density at radius 3 is 2.47 bits per heavy atom. The molecule has 7 nitrogen and oxygen atoms in total. The molecule has 1 aliphatic carbocycles. The maximum absolute atomic E-state index is 10.3. The topological polar surface area (TPSA) is 109 Å². The van der Waals surface area contributed by atoms with Crippen molar-refractivity contribution in [2.75, 3.05) is 19.8 Å². The minimum atomic E-state index is -0.645. The fraction of sp³-hybridized carbons (Fsp3) is 0.700. The van der Waals surface area contributed by atoms with E-state index in [1.807, 2.05) is 0 Å². The monoisotopic (exact) mass is 242 g/mol. The SMILES string of the molecule is CCOC(=O)C=[N+]=[N-].O=C(O)C1C2COCC21. The standard InChI is InChI=1S/C6H8O3.C4H6N2O2/c7-6(8)5-3-1-9-2-4(3)5;1-2-8-4(7)3-6-5/h3-5H,1-2H2,(H,7,8);3H,2H2,1H3. The highest BCUT2D eigenvalue weighted by atomic mass is 16.5. The van der Waals surface area contributed by atoms with Crippen LogP contribution in [0.15, 0.2) is 0 Å². The molecule has 0 aromatic carbocycles. The summed E-state index contributed by atoms with van der Waals surface area (Å²) in [4.78, 5) is 22.9. The normalized spacial score (nSPS) is 27.9. The molecule has 0 amide bonds. The number of ether oxygens (including phenoxy) is 2. The Balaban J connectivity index is 0.000000172. The van der Waals surface area contributed by atoms with Gasteiger partial charge in [0, 0.05) is 11.8 Å². The van der Waals surface area contributed by atoms with Gasteiger partial charge in [-0.1, -0.05) is 0 Å². The minimum absolute atomic E-state index is 0.0706. The molecule has 1 N–H and O–H groups in total. The van der Waals surface area contributed by atoms with E-state index in [0.717, 1.165) is 0 Å². The van der Waals surface area contributed by atoms with Crippen LogP contribution in [0.3, 0.4) is 0 Å². The van der Waals surface area contributed by atoms with Crippen molar-refractivity contribution in [1.82, 2.24) is 0 Å². The van der Waals surface area contributed by atoms with E-state index in [1.165, 1.54) is 0 Å². The van der Waals surface area contributed by atoms with Gasteiger partial charge in [-0.05, 0) is 6.92 Å². The first kappa shape index (κ1) is 13.3. The predicted molar refractivity (Wildman–Crippen MR) is 55.2 cm³/mol. The maximum atomic E-state index is 10.3. The van der Waals surface area contributed by atoms with E-state index in [9.17, 15) is 9.59 Å². The first-order chi connectivity index (χ1) is 8.11. The van der Waals surface area contributed by atoms with Crippen molar-refractivity contribution in [3.05, 3.63) is 5.53 Å². The molecule has 2 aliphatic rings. The summed E-state index contributed by atoms with van der Waals surface area (Å²) >= 11 is 0. The number of fused-ring (bicyclic) bond motifs is 1. The van der Waals surface area contributed by atoms with Crippen LogP contribution in [0.4, 0.5) is 0 Å². The average molecular weight is 242 g/mol. The fourth-order valence-corrected chi connectivity index (χ4v) is 1.83. The predicted octanol–water partition coefficient (Wildman–Crippen LogP) is -0.187. The first-order valence-electron chi connectivity index (χ1n) is 5.26. The zero-order valence-electron chi connectivity index (χ0n) is 9.41. The van der Waals surface area contributed by atoms with Gasteiger partial charge in [0.2, 0.25) is 0 Å². The highest BCUT2D eigenvalue weighted by Crippen LogP contribution is 2.50. The molecule has 0 aromatic heterocycles. The van der Waals surface area contributed by atoms with Gasteiger partial charge in [-0.15, -0.1) is 0 Å². The van der Waals surface area contributed by atoms with Crippen molar-refractivity contribution in [3.63, 3.8) is 0 Å². The molecular weight excluding hydrogens is 228 g/mol. The lowest BCUT2D eigenvalue weighted by Crippen LogP contribution is -2.07. The van der Waals surface area contributed by atoms with Crippen molar-refractivity contribution < 1.29 is 29.0 Å². The number of rotatable bonds is 3. The number of carbonyl (C=O) groups excluding carboxylic acids is 1. The number of esters is 1. The highest BCUT2D eigenvalue weighted by molar-refractivity contribution is 6.20. The number of nitrogens with zero attached hydrogens (tertiary/aromatic N) is 2. The van der Waals surface area contributed by atoms with E-state index in [2.05, 4.69) is 9.53 Å². The van der Waals surface area contributed by atoms with Crippen LogP contribution in [-0.4, -0.2) is 47.9 Å². The van der Waals surface area contributed by atoms with E-state index < -0.39 is 11.9 Å². The van der Waals surface area contributed by atoms with Crippen LogP contribution in [0.1, 0.15) is 6.92 Å². The lowest BCUT2D eigenvalue weighted by molar-refractivity contribution is -0.140. The van der Waals surface area contributed by atoms with E-state index in [-0.39, 0.29) is 5.92 Å². The molecule has 1 heterocycles. The molecule has 7 heteroatoms. The summed E-state index contributed by atoms with van der Waals surface area (Å²) in [6, 6.07) is 0. The van der Waals surface area contributed by atoms with Crippen molar-refractivity contribution in [3.8, 4) is 0 Å². The highest BCUT2D eigenvalue weighted by Gasteiger charge is 2.58. The van der Waals surface area contributed by atoms with Crippen molar-refractivity contribution in [2.24, 2.45) is 17.8 Å². The van der Waals surface area contributed by atoms with Gasteiger partial charge >= 0.3 is 18.2 Å². The van der Waals surface area contributed by atoms with Crippen LogP contribution in [0.25, 0.3) is 5.53 Å². The van der Waals surface area contributed by atoms with Crippen molar-refractivity contribution >= 4 is 18.2 Å². The third-order valence-corrected chi connectivity index (χ3v) is 2.69. The molecule has 0 spiro atoms. The molecule has 17 heavy (non-hydrogen) atoms. The molecular formula is C10H14N2O5. The number of carboxylic acid groups (broad SMARTS) is 1. The summed E-state index contributed by atoms with van der Waals surface area (Å²) in [6.07, 6.45) is 0.698. The number of hydrogen-bond acceptors (Lipinski definition) is 4. The van der Waals surface area contributed by atoms with Crippen molar-refractivity contribution in [2.45, 2.75) is 6.92 Å². The molecule has 2 rings (SSSR count). The second kappa shape index (κ2) is 6.12. The van der Waals surface area contributed by atoms with E-state index in [0.29, 0.717) is 37.9 Å². The van der Waals surface area contributed by atoms with Gasteiger partial charge in [0.05, 0.1) is 25.7 Å². The summed E-state index contributed by atoms with van der Waals surface area (Å²) in [5.74, 6) is -0.646. The van der Waals surface area contributed by atoms with Gasteiger partial charge in [-0.2, -0.15) is 4.79 Å². The Labute approximate surface area is 97.9 Å². The number of carbonyl (C=O) groups is 2. The van der Waals surface area contributed by atoms with Crippen LogP contribution in [0.5, 0.6) is 0 Å². The Kier molecular flexibility index (Phi) is 4.81. The molecule has 94 valence electrons. The molecule has 1 saturated carbocycles. The van der Waals surface area contributed by atoms with Crippen LogP contribution < -0.4 is 0 Å². The quantitative estimate of drug-likeness (QED) is 0.319. The van der Waals surface area contributed by atoms with Gasteiger partial charge in [0.1, 0.15) is 0 Å². The zero-order chi connectivity index (χ0) is 12.8. The van der Waals surface area contributed by atoms with E-state index in [4.69, 9.17) is 15.4 Å². The second-order valence-electron chi connectivity index (χ2n) is 3.73. The molecule has 0 aromatic rings. The Bertz CT molecular complexity index is 341. The summed E-state index contributed by atoms with van der Waals surface area (Å²) in [6.45, 7) is 3.30. The van der Waals surface area contributed by atoms with Crippen molar-refractivity contribution in [1.29, 1.82) is 0 Å². The van der Waals surface area contributed by atoms with Crippen LogP contribution in [-0.2, 0) is 19.1 Å². The molecule has 1 aliphatic heterocycles. The summed E-state index contributed by atoms with van der Waals surface area (Å²) < 4.78 is 9.36. The zero-order valence-corrected chi connectivity index (χ0v) is 9.41. The van der Waals surface area contributed by atoms with Crippen LogP contribution in [0.2, 0.25) is 0 Å². The van der Waals surface area contributed by atoms with Gasteiger partial charge in [-0.25, -0.2) is 4.79 Å². The summed E-state index contributed by atoms with van der Waals surface area (Å²) in [5.41, 5.74) is 7.73. The molecule has 0 radical (unpaired) electrons. The molecule has 2 atom stereocenters. The fourth-order valence-electron chi connectivity index (χ4n) is 1.83. The average Bonchev–Trinajstić information content (AvgIpc) is 2.76. The first-order valence-corrected chi connectivity index (χ1v) is 5.26. The second-order valence-corrected chi connectivity index (χ2v) is 3.73. The molecule has 2 unspecified atom stereocenters. The van der Waals surface area contributed by atoms with Gasteiger partial charge in [0.25, 0.3) is 0 Å². The molecule has 2 fully saturated rings. The van der Waals surface area contributed by atoms with Crippen LogP contribution >= 0.6 is 0 Å². The van der Waals surface area contributed by atoms with Crippen LogP contribution in [0, 0.1) is 17.8 Å². The maximum Gasteiger partial charge on any atom is 0.413 e. The van der Waals surface area contributed by atoms with Gasteiger partial charge < -0.3 is 20.1 Å². The minimum Gasteiger partial charge on any atom is -0.481 e. The smallest absolute Gasteiger partial charge is 0.413 e. The summed E-state index contributed by atoms with van der Waals surface area (Å²) in [7, 11) is 0. The summed E-state index contributed by atoms with van der Waals surface area (Å²) in [5, 5.41) is 8.50.